The van der Waals surface area contributed by atoms with E-state index >= 15 is 0 Å². The Kier molecular flexibility index (Phi) is 3.80. The summed E-state index contributed by atoms with van der Waals surface area (Å²) in [6, 6.07) is 23.8. The molecule has 0 spiro atoms. The van der Waals surface area contributed by atoms with E-state index in [0.29, 0.717) is 5.69 Å². The number of pyridine rings is 1. The highest BCUT2D eigenvalue weighted by molar-refractivity contribution is 5.64. The van der Waals surface area contributed by atoms with E-state index in [-0.39, 0.29) is 0 Å². The molecule has 3 rings (SSSR count). The lowest BCUT2D eigenvalue weighted by atomic mass is 10.0. The maximum atomic E-state index is 10.5. The minimum Gasteiger partial charge on any atom is -0.382 e. The van der Waals surface area contributed by atoms with E-state index < -0.39 is 6.10 Å². The molecule has 2 nitrogen and oxygen atoms in total. The van der Waals surface area contributed by atoms with Crippen molar-refractivity contribution in [3.63, 3.8) is 0 Å². The molecule has 0 radical (unpaired) electrons. The number of aromatic nitrogens is 1. The quantitative estimate of drug-likeness (QED) is 0.779. The van der Waals surface area contributed by atoms with E-state index in [4.69, 9.17) is 0 Å². The van der Waals surface area contributed by atoms with Crippen LogP contribution in [0.5, 0.6) is 0 Å². The minimum absolute atomic E-state index is 0.681. The Bertz CT molecular complexity index is 723. The molecule has 1 heterocycles. The molecule has 0 aliphatic heterocycles. The van der Waals surface area contributed by atoms with Gasteiger partial charge in [0.2, 0.25) is 0 Å². The monoisotopic (exact) mass is 275 g/mol. The molecule has 0 aliphatic rings. The zero-order valence-corrected chi connectivity index (χ0v) is 11.9. The number of benzene rings is 2. The molecule has 0 aliphatic carbocycles. The predicted octanol–water partition coefficient (Wildman–Crippen LogP) is 4.14. The van der Waals surface area contributed by atoms with Gasteiger partial charge in [-0.25, -0.2) is 0 Å². The Morgan fingerprint density at radius 2 is 1.43 bits per heavy atom. The van der Waals surface area contributed by atoms with Crippen molar-refractivity contribution in [1.82, 2.24) is 4.98 Å². The molecule has 3 aromatic rings. The number of aliphatic hydroxyl groups is 1. The maximum Gasteiger partial charge on any atom is 0.121 e. The fourth-order valence-electron chi connectivity index (χ4n) is 2.44. The Morgan fingerprint density at radius 1 is 0.810 bits per heavy atom. The summed E-state index contributed by atoms with van der Waals surface area (Å²) in [5, 5.41) is 10.5. The fraction of sp³-hybridized carbons (Fsp3) is 0.105. The van der Waals surface area contributed by atoms with Crippen LogP contribution in [0.3, 0.4) is 0 Å². The van der Waals surface area contributed by atoms with Crippen molar-refractivity contribution in [1.29, 1.82) is 0 Å². The molecule has 1 aromatic heterocycles. The van der Waals surface area contributed by atoms with Crippen molar-refractivity contribution in [2.75, 3.05) is 0 Å². The smallest absolute Gasteiger partial charge is 0.121 e. The van der Waals surface area contributed by atoms with Crippen molar-refractivity contribution in [2.24, 2.45) is 0 Å². The van der Waals surface area contributed by atoms with Gasteiger partial charge >= 0.3 is 0 Å². The summed E-state index contributed by atoms with van der Waals surface area (Å²) < 4.78 is 0. The highest BCUT2D eigenvalue weighted by Crippen LogP contribution is 2.26. The molecule has 2 heteroatoms. The van der Waals surface area contributed by atoms with Gasteiger partial charge in [-0.1, -0.05) is 60.7 Å². The Hall–Kier alpha value is -2.45. The third-order valence-corrected chi connectivity index (χ3v) is 3.48. The molecule has 1 N–H and O–H groups in total. The predicted molar refractivity (Wildman–Crippen MR) is 84.9 cm³/mol. The molecule has 1 atom stereocenters. The van der Waals surface area contributed by atoms with E-state index in [1.807, 2.05) is 67.6 Å². The van der Waals surface area contributed by atoms with Crippen molar-refractivity contribution in [2.45, 2.75) is 13.0 Å². The first-order valence-electron chi connectivity index (χ1n) is 7.01. The first-order chi connectivity index (χ1) is 10.2. The summed E-state index contributed by atoms with van der Waals surface area (Å²) in [5.74, 6) is 0. The van der Waals surface area contributed by atoms with E-state index in [2.05, 4.69) is 17.1 Å². The van der Waals surface area contributed by atoms with Crippen LogP contribution in [0, 0.1) is 6.92 Å². The van der Waals surface area contributed by atoms with Crippen molar-refractivity contribution >= 4 is 0 Å². The van der Waals surface area contributed by atoms with Crippen LogP contribution in [0.1, 0.15) is 23.1 Å². The Labute approximate surface area is 124 Å². The summed E-state index contributed by atoms with van der Waals surface area (Å²) in [7, 11) is 0. The second kappa shape index (κ2) is 5.90. The second-order valence-corrected chi connectivity index (χ2v) is 5.10. The summed E-state index contributed by atoms with van der Waals surface area (Å²) >= 11 is 0. The zero-order valence-electron chi connectivity index (χ0n) is 11.9. The molecule has 2 aromatic carbocycles. The summed E-state index contributed by atoms with van der Waals surface area (Å²) in [5.41, 5.74) is 4.65. The van der Waals surface area contributed by atoms with Crippen LogP contribution in [-0.4, -0.2) is 10.1 Å². The van der Waals surface area contributed by atoms with Crippen LogP contribution in [0.2, 0.25) is 0 Å². The van der Waals surface area contributed by atoms with Gasteiger partial charge in [0.25, 0.3) is 0 Å². The van der Waals surface area contributed by atoms with Gasteiger partial charge in [0.1, 0.15) is 6.10 Å². The van der Waals surface area contributed by atoms with E-state index in [9.17, 15) is 5.11 Å². The van der Waals surface area contributed by atoms with Gasteiger partial charge < -0.3 is 5.11 Å². The van der Waals surface area contributed by atoms with Gasteiger partial charge in [-0.05, 0) is 35.7 Å². The second-order valence-electron chi connectivity index (χ2n) is 5.10. The molecule has 0 saturated heterocycles. The lowest BCUT2D eigenvalue weighted by molar-refractivity contribution is 0.215. The molecular weight excluding hydrogens is 258 g/mol. The third-order valence-electron chi connectivity index (χ3n) is 3.48. The van der Waals surface area contributed by atoms with Crippen LogP contribution < -0.4 is 0 Å². The van der Waals surface area contributed by atoms with Crippen LogP contribution in [0.4, 0.5) is 0 Å². The highest BCUT2D eigenvalue weighted by Gasteiger charge is 2.13. The van der Waals surface area contributed by atoms with Crippen LogP contribution in [0.25, 0.3) is 11.1 Å². The number of hydrogen-bond acceptors (Lipinski definition) is 2. The number of aliphatic hydroxyl groups excluding tert-OH is 1. The summed E-state index contributed by atoms with van der Waals surface area (Å²) in [6.07, 6.45) is -0.700. The number of aryl methyl sites for hydroxylation is 1. The van der Waals surface area contributed by atoms with E-state index in [0.717, 1.165) is 22.4 Å². The summed E-state index contributed by atoms with van der Waals surface area (Å²) in [4.78, 5) is 4.49. The molecule has 104 valence electrons. The fourth-order valence-corrected chi connectivity index (χ4v) is 2.44. The molecule has 0 unspecified atom stereocenters. The lowest BCUT2D eigenvalue weighted by Crippen LogP contribution is -2.03. The molecule has 0 saturated carbocycles. The topological polar surface area (TPSA) is 33.1 Å². The lowest BCUT2D eigenvalue weighted by Gasteiger charge is -2.13. The van der Waals surface area contributed by atoms with Crippen LogP contribution >= 0.6 is 0 Å². The summed E-state index contributed by atoms with van der Waals surface area (Å²) in [6.45, 7) is 1.95. The molecule has 0 amide bonds. The average Bonchev–Trinajstić information content (AvgIpc) is 2.55. The Balaban J connectivity index is 2.02. The van der Waals surface area contributed by atoms with Gasteiger partial charge in [0.15, 0.2) is 0 Å². The van der Waals surface area contributed by atoms with Gasteiger partial charge in [-0.3, -0.25) is 4.98 Å². The molecule has 0 fully saturated rings. The van der Waals surface area contributed by atoms with E-state index in [1.54, 1.807) is 0 Å². The van der Waals surface area contributed by atoms with Gasteiger partial charge in [-0.15, -0.1) is 0 Å². The van der Waals surface area contributed by atoms with E-state index in [1.165, 1.54) is 0 Å². The largest absolute Gasteiger partial charge is 0.382 e. The van der Waals surface area contributed by atoms with Crippen molar-refractivity contribution in [3.8, 4) is 11.1 Å². The van der Waals surface area contributed by atoms with Crippen LogP contribution in [-0.2, 0) is 0 Å². The molecular formula is C19H17NO. The average molecular weight is 275 g/mol. The normalized spacial score (nSPS) is 12.1. The first-order valence-corrected chi connectivity index (χ1v) is 7.01. The number of nitrogens with zero attached hydrogens (tertiary/aromatic N) is 1. The standard InChI is InChI=1S/C19H17NO/c1-14-12-17(15-8-4-2-5-9-15)13-18(20-14)19(21)16-10-6-3-7-11-16/h2-13,19,21H,1H3/t19-/m1/s1. The first kappa shape index (κ1) is 13.5. The SMILES string of the molecule is Cc1cc(-c2ccccc2)cc([C@H](O)c2ccccc2)n1. The third kappa shape index (κ3) is 3.01. The minimum atomic E-state index is -0.700. The van der Waals surface area contributed by atoms with Crippen LogP contribution in [0.15, 0.2) is 72.8 Å². The number of hydrogen-bond donors (Lipinski definition) is 1. The van der Waals surface area contributed by atoms with Gasteiger partial charge in [-0.2, -0.15) is 0 Å². The van der Waals surface area contributed by atoms with Gasteiger partial charge in [0, 0.05) is 5.69 Å². The molecule has 0 bridgehead atoms. The maximum absolute atomic E-state index is 10.5. The number of rotatable bonds is 3. The molecule has 21 heavy (non-hydrogen) atoms. The van der Waals surface area contributed by atoms with Gasteiger partial charge in [0.05, 0.1) is 5.69 Å². The zero-order chi connectivity index (χ0) is 14.7. The Morgan fingerprint density at radius 3 is 2.10 bits per heavy atom. The highest BCUT2D eigenvalue weighted by atomic mass is 16.3. The van der Waals surface area contributed by atoms with Crippen molar-refractivity contribution < 1.29 is 5.11 Å². The van der Waals surface area contributed by atoms with Crippen molar-refractivity contribution in [3.05, 3.63) is 89.7 Å².